The van der Waals surface area contributed by atoms with E-state index >= 15 is 0 Å². The number of carbonyl (C=O) groups is 2. The van der Waals surface area contributed by atoms with Crippen LogP contribution in [0.4, 0.5) is 4.79 Å². The van der Waals surface area contributed by atoms with E-state index in [1.165, 1.54) is 37.0 Å². The van der Waals surface area contributed by atoms with Crippen LogP contribution in [0, 0.1) is 5.92 Å². The summed E-state index contributed by atoms with van der Waals surface area (Å²) in [6.45, 7) is 6.02. The van der Waals surface area contributed by atoms with Crippen molar-refractivity contribution in [3.8, 4) is 0 Å². The maximum atomic E-state index is 11.8. The molecule has 1 unspecified atom stereocenters. The molecular weight excluding hydrogens is 358 g/mol. The molecule has 0 saturated heterocycles. The third kappa shape index (κ3) is 11.5. The maximum absolute atomic E-state index is 11.8. The first kappa shape index (κ1) is 24.7. The second-order valence-electron chi connectivity index (χ2n) is 8.94. The molecule has 2 amide bonds. The molecule has 0 aromatic rings. The average molecular weight is 400 g/mol. The lowest BCUT2D eigenvalue weighted by Gasteiger charge is -2.27. The van der Waals surface area contributed by atoms with Gasteiger partial charge in [0.15, 0.2) is 0 Å². The molecular formula is C21H41N3O4. The lowest BCUT2D eigenvalue weighted by molar-refractivity contribution is -0.133. The molecule has 7 heteroatoms. The van der Waals surface area contributed by atoms with Crippen LogP contribution in [0.15, 0.2) is 0 Å². The van der Waals surface area contributed by atoms with Crippen LogP contribution >= 0.6 is 0 Å². The molecule has 0 bridgehead atoms. The number of rotatable bonds is 11. The van der Waals surface area contributed by atoms with Crippen LogP contribution in [0.25, 0.3) is 0 Å². The fourth-order valence-corrected chi connectivity index (χ4v) is 3.44. The number of unbranched alkanes of at least 4 members (excludes halogenated alkanes) is 2. The molecule has 0 aromatic heterocycles. The third-order valence-corrected chi connectivity index (χ3v) is 5.12. The third-order valence-electron chi connectivity index (χ3n) is 5.12. The lowest BCUT2D eigenvalue weighted by atomic mass is 9.82. The van der Waals surface area contributed by atoms with E-state index in [4.69, 9.17) is 15.3 Å². The van der Waals surface area contributed by atoms with Gasteiger partial charge in [-0.05, 0) is 52.4 Å². The predicted molar refractivity (Wildman–Crippen MR) is 111 cm³/mol. The molecule has 7 nitrogen and oxygen atoms in total. The van der Waals surface area contributed by atoms with Gasteiger partial charge in [-0.3, -0.25) is 9.63 Å². The number of carbonyl (C=O) groups excluding carboxylic acids is 2. The maximum Gasteiger partial charge on any atom is 0.410 e. The summed E-state index contributed by atoms with van der Waals surface area (Å²) in [5, 5.41) is 0. The molecule has 0 heterocycles. The molecule has 28 heavy (non-hydrogen) atoms. The number of hydrogen-bond acceptors (Lipinski definition) is 5. The standard InChI is InChI=1S/C21H41N3O4/c1-21(2,3)28-20(26)24(4)15-16-27-23-19(25)14-10-6-9-13-18(22)17-11-7-5-8-12-17/h17-18H,5-16,22H2,1-4H3,(H,23,25). The first-order valence-corrected chi connectivity index (χ1v) is 10.8. The Morgan fingerprint density at radius 3 is 2.46 bits per heavy atom. The van der Waals surface area contributed by atoms with Gasteiger partial charge in [-0.15, -0.1) is 0 Å². The summed E-state index contributed by atoms with van der Waals surface area (Å²) in [6, 6.07) is 0.319. The smallest absolute Gasteiger partial charge is 0.410 e. The van der Waals surface area contributed by atoms with E-state index in [0.29, 0.717) is 24.9 Å². The summed E-state index contributed by atoms with van der Waals surface area (Å²) in [5.74, 6) is 0.570. The Kier molecular flexibility index (Phi) is 11.5. The zero-order valence-electron chi connectivity index (χ0n) is 18.3. The van der Waals surface area contributed by atoms with E-state index in [1.807, 2.05) is 20.8 Å². The van der Waals surface area contributed by atoms with Crippen molar-refractivity contribution in [3.63, 3.8) is 0 Å². The molecule has 1 aliphatic carbocycles. The number of hydroxylamine groups is 1. The van der Waals surface area contributed by atoms with E-state index in [1.54, 1.807) is 7.05 Å². The van der Waals surface area contributed by atoms with Gasteiger partial charge in [-0.25, -0.2) is 10.3 Å². The fraction of sp³-hybridized carbons (Fsp3) is 0.905. The van der Waals surface area contributed by atoms with Crippen LogP contribution in [0.5, 0.6) is 0 Å². The summed E-state index contributed by atoms with van der Waals surface area (Å²) < 4.78 is 5.24. The molecule has 1 atom stereocenters. The summed E-state index contributed by atoms with van der Waals surface area (Å²) in [5.41, 5.74) is 8.22. The number of nitrogens with one attached hydrogen (secondary N) is 1. The SMILES string of the molecule is CN(CCONC(=O)CCCCCC(N)C1CCCCC1)C(=O)OC(C)(C)C. The Morgan fingerprint density at radius 1 is 1.14 bits per heavy atom. The number of nitrogens with zero attached hydrogens (tertiary/aromatic N) is 1. The van der Waals surface area contributed by atoms with Crippen molar-refractivity contribution >= 4 is 12.0 Å². The molecule has 0 spiro atoms. The Morgan fingerprint density at radius 2 is 1.82 bits per heavy atom. The monoisotopic (exact) mass is 399 g/mol. The van der Waals surface area contributed by atoms with Gasteiger partial charge in [0.05, 0.1) is 6.61 Å². The Bertz CT molecular complexity index is 459. The van der Waals surface area contributed by atoms with Gasteiger partial charge >= 0.3 is 6.09 Å². The van der Waals surface area contributed by atoms with Gasteiger partial charge in [0, 0.05) is 26.1 Å². The molecule has 0 radical (unpaired) electrons. The van der Waals surface area contributed by atoms with Crippen molar-refractivity contribution in [1.82, 2.24) is 10.4 Å². The Balaban J connectivity index is 1.99. The highest BCUT2D eigenvalue weighted by Crippen LogP contribution is 2.27. The molecule has 3 N–H and O–H groups in total. The molecule has 1 rings (SSSR count). The quantitative estimate of drug-likeness (QED) is 0.407. The van der Waals surface area contributed by atoms with Crippen molar-refractivity contribution < 1.29 is 19.2 Å². The zero-order chi connectivity index (χ0) is 21.0. The largest absolute Gasteiger partial charge is 0.444 e. The number of hydrogen-bond donors (Lipinski definition) is 2. The van der Waals surface area contributed by atoms with Crippen LogP contribution in [0.3, 0.4) is 0 Å². The second-order valence-corrected chi connectivity index (χ2v) is 8.94. The van der Waals surface area contributed by atoms with Crippen molar-refractivity contribution in [1.29, 1.82) is 0 Å². The van der Waals surface area contributed by atoms with Crippen molar-refractivity contribution in [2.75, 3.05) is 20.2 Å². The van der Waals surface area contributed by atoms with Gasteiger partial charge in [0.2, 0.25) is 5.91 Å². The van der Waals surface area contributed by atoms with Gasteiger partial charge < -0.3 is 15.4 Å². The topological polar surface area (TPSA) is 93.9 Å². The summed E-state index contributed by atoms with van der Waals surface area (Å²) in [6.07, 6.45) is 10.6. The molecule has 1 aliphatic rings. The minimum Gasteiger partial charge on any atom is -0.444 e. The normalized spacial score (nSPS) is 16.5. The lowest BCUT2D eigenvalue weighted by Crippen LogP contribution is -2.37. The minimum atomic E-state index is -0.527. The second kappa shape index (κ2) is 13.0. The van der Waals surface area contributed by atoms with E-state index in [2.05, 4.69) is 5.48 Å². The van der Waals surface area contributed by atoms with Gasteiger partial charge in [-0.1, -0.05) is 32.1 Å². The zero-order valence-corrected chi connectivity index (χ0v) is 18.3. The summed E-state index contributed by atoms with van der Waals surface area (Å²) in [4.78, 5) is 30.2. The number of likely N-dealkylation sites (N-methyl/N-ethyl adjacent to an activating group) is 1. The first-order chi connectivity index (χ1) is 13.2. The highest BCUT2D eigenvalue weighted by molar-refractivity contribution is 5.74. The molecule has 164 valence electrons. The minimum absolute atomic E-state index is 0.128. The molecule has 1 fully saturated rings. The van der Waals surface area contributed by atoms with Crippen molar-refractivity contribution in [2.45, 2.75) is 96.6 Å². The molecule has 1 saturated carbocycles. The first-order valence-electron chi connectivity index (χ1n) is 10.8. The molecule has 0 aromatic carbocycles. The van der Waals surface area contributed by atoms with E-state index in [0.717, 1.165) is 25.7 Å². The van der Waals surface area contributed by atoms with Crippen LogP contribution in [0.2, 0.25) is 0 Å². The van der Waals surface area contributed by atoms with Crippen LogP contribution in [-0.4, -0.2) is 48.7 Å². The number of ether oxygens (including phenoxy) is 1. The number of amides is 2. The van der Waals surface area contributed by atoms with Gasteiger partial charge in [0.1, 0.15) is 5.60 Å². The summed E-state index contributed by atoms with van der Waals surface area (Å²) >= 11 is 0. The summed E-state index contributed by atoms with van der Waals surface area (Å²) in [7, 11) is 1.64. The van der Waals surface area contributed by atoms with Gasteiger partial charge in [0.25, 0.3) is 0 Å². The average Bonchev–Trinajstić information content (AvgIpc) is 2.64. The van der Waals surface area contributed by atoms with Crippen LogP contribution in [-0.2, 0) is 14.4 Å². The van der Waals surface area contributed by atoms with E-state index in [9.17, 15) is 9.59 Å². The predicted octanol–water partition coefficient (Wildman–Crippen LogP) is 3.76. The van der Waals surface area contributed by atoms with Crippen LogP contribution < -0.4 is 11.2 Å². The Hall–Kier alpha value is -1.34. The van der Waals surface area contributed by atoms with Crippen molar-refractivity contribution in [2.24, 2.45) is 11.7 Å². The molecule has 0 aliphatic heterocycles. The van der Waals surface area contributed by atoms with E-state index in [-0.39, 0.29) is 12.5 Å². The van der Waals surface area contributed by atoms with Crippen LogP contribution in [0.1, 0.15) is 85.0 Å². The fourth-order valence-electron chi connectivity index (χ4n) is 3.44. The highest BCUT2D eigenvalue weighted by atomic mass is 16.7. The highest BCUT2D eigenvalue weighted by Gasteiger charge is 2.20. The Labute approximate surface area is 170 Å². The number of nitrogens with two attached hydrogens (primary N) is 1. The van der Waals surface area contributed by atoms with Crippen molar-refractivity contribution in [3.05, 3.63) is 0 Å². The van der Waals surface area contributed by atoms with E-state index < -0.39 is 11.7 Å². The van der Waals surface area contributed by atoms with Gasteiger partial charge in [-0.2, -0.15) is 0 Å².